The molecule has 1 aliphatic heterocycles. The molecule has 0 bridgehead atoms. The number of aliphatic hydroxyl groups excluding tert-OH is 1. The number of aliphatic hydroxyl groups is 1. The summed E-state index contributed by atoms with van der Waals surface area (Å²) >= 11 is 0. The van der Waals surface area contributed by atoms with Gasteiger partial charge in [0.25, 0.3) is 0 Å². The molecule has 1 aromatic rings. The zero-order valence-corrected chi connectivity index (χ0v) is 12.4. The SMILES string of the molecule is Cc1nnc(C(C)N(C)CC(O)CN2CCOCC2)o1. The van der Waals surface area contributed by atoms with E-state index in [-0.39, 0.29) is 6.04 Å². The lowest BCUT2D eigenvalue weighted by molar-refractivity contribution is 0.00543. The number of hydrogen-bond acceptors (Lipinski definition) is 7. The van der Waals surface area contributed by atoms with Crippen molar-refractivity contribution in [3.05, 3.63) is 11.8 Å². The molecule has 0 aliphatic carbocycles. The highest BCUT2D eigenvalue weighted by molar-refractivity contribution is 4.88. The van der Waals surface area contributed by atoms with E-state index >= 15 is 0 Å². The molecule has 1 saturated heterocycles. The van der Waals surface area contributed by atoms with E-state index in [1.807, 2.05) is 18.9 Å². The number of nitrogens with zero attached hydrogens (tertiary/aromatic N) is 4. The molecule has 7 heteroatoms. The van der Waals surface area contributed by atoms with E-state index in [1.54, 1.807) is 6.92 Å². The van der Waals surface area contributed by atoms with Gasteiger partial charge >= 0.3 is 0 Å². The topological polar surface area (TPSA) is 74.9 Å². The summed E-state index contributed by atoms with van der Waals surface area (Å²) in [5.74, 6) is 1.15. The van der Waals surface area contributed by atoms with Crippen molar-refractivity contribution in [1.29, 1.82) is 0 Å². The second-order valence-corrected chi connectivity index (χ2v) is 5.34. The lowest BCUT2D eigenvalue weighted by Gasteiger charge is -2.31. The highest BCUT2D eigenvalue weighted by atomic mass is 16.5. The van der Waals surface area contributed by atoms with Crippen molar-refractivity contribution in [2.75, 3.05) is 46.4 Å². The van der Waals surface area contributed by atoms with Crippen LogP contribution in [-0.4, -0.2) is 77.6 Å². The molecule has 2 unspecified atom stereocenters. The van der Waals surface area contributed by atoms with Gasteiger partial charge in [-0.3, -0.25) is 9.80 Å². The van der Waals surface area contributed by atoms with Crippen LogP contribution in [0.15, 0.2) is 4.42 Å². The summed E-state index contributed by atoms with van der Waals surface area (Å²) in [4.78, 5) is 4.25. The average molecular weight is 284 g/mol. The van der Waals surface area contributed by atoms with E-state index in [9.17, 15) is 5.11 Å². The average Bonchev–Trinajstić information content (AvgIpc) is 2.85. The Kier molecular flexibility index (Phi) is 5.47. The second kappa shape index (κ2) is 7.12. The lowest BCUT2D eigenvalue weighted by Crippen LogP contribution is -2.44. The smallest absolute Gasteiger partial charge is 0.233 e. The maximum atomic E-state index is 10.2. The van der Waals surface area contributed by atoms with E-state index < -0.39 is 6.10 Å². The van der Waals surface area contributed by atoms with Crippen LogP contribution in [0.3, 0.4) is 0 Å². The van der Waals surface area contributed by atoms with Gasteiger partial charge in [-0.1, -0.05) is 0 Å². The first-order chi connectivity index (χ1) is 9.56. The predicted octanol–water partition coefficient (Wildman–Crippen LogP) is 0.0639. The first-order valence-corrected chi connectivity index (χ1v) is 7.04. The molecule has 0 radical (unpaired) electrons. The molecule has 2 heterocycles. The minimum absolute atomic E-state index is 0.00413. The summed E-state index contributed by atoms with van der Waals surface area (Å²) in [5, 5.41) is 18.0. The minimum Gasteiger partial charge on any atom is -0.424 e. The standard InChI is InChI=1S/C13H24N4O3/c1-10(13-15-14-11(2)20-13)16(3)8-12(18)9-17-4-6-19-7-5-17/h10,12,18H,4-9H2,1-3H3. The third-order valence-corrected chi connectivity index (χ3v) is 3.63. The van der Waals surface area contributed by atoms with Gasteiger partial charge in [-0.15, -0.1) is 10.2 Å². The van der Waals surface area contributed by atoms with Crippen molar-refractivity contribution in [3.8, 4) is 0 Å². The molecule has 1 fully saturated rings. The minimum atomic E-state index is -0.399. The number of rotatable bonds is 6. The molecule has 7 nitrogen and oxygen atoms in total. The zero-order chi connectivity index (χ0) is 14.5. The predicted molar refractivity (Wildman–Crippen MR) is 73.3 cm³/mol. The molecule has 114 valence electrons. The molecule has 1 N–H and O–H groups in total. The van der Waals surface area contributed by atoms with Crippen molar-refractivity contribution < 1.29 is 14.3 Å². The molecular formula is C13H24N4O3. The fourth-order valence-corrected chi connectivity index (χ4v) is 2.30. The first kappa shape index (κ1) is 15.4. The van der Waals surface area contributed by atoms with Gasteiger partial charge in [-0.05, 0) is 14.0 Å². The number of likely N-dealkylation sites (N-methyl/N-ethyl adjacent to an activating group) is 1. The van der Waals surface area contributed by atoms with Crippen LogP contribution in [0.2, 0.25) is 0 Å². The highest BCUT2D eigenvalue weighted by Gasteiger charge is 2.21. The normalized spacial score (nSPS) is 20.2. The molecule has 0 saturated carbocycles. The van der Waals surface area contributed by atoms with Crippen LogP contribution < -0.4 is 0 Å². The molecule has 1 aromatic heterocycles. The number of β-amino-alcohol motifs (C(OH)–C–C–N with tert-alkyl or cyclic N) is 1. The number of ether oxygens (including phenoxy) is 1. The van der Waals surface area contributed by atoms with Crippen LogP contribution in [0.1, 0.15) is 24.7 Å². The van der Waals surface area contributed by atoms with Gasteiger partial charge in [0.15, 0.2) is 0 Å². The lowest BCUT2D eigenvalue weighted by atomic mass is 10.2. The molecule has 20 heavy (non-hydrogen) atoms. The summed E-state index contributed by atoms with van der Waals surface area (Å²) in [7, 11) is 1.95. The molecule has 2 rings (SSSR count). The monoisotopic (exact) mass is 284 g/mol. The van der Waals surface area contributed by atoms with Crippen LogP contribution in [0.25, 0.3) is 0 Å². The van der Waals surface area contributed by atoms with E-state index in [2.05, 4.69) is 15.1 Å². The van der Waals surface area contributed by atoms with Gasteiger partial charge in [0.1, 0.15) is 0 Å². The Balaban J connectivity index is 1.79. The van der Waals surface area contributed by atoms with Crippen molar-refractivity contribution in [1.82, 2.24) is 20.0 Å². The van der Waals surface area contributed by atoms with Crippen LogP contribution in [0.5, 0.6) is 0 Å². The highest BCUT2D eigenvalue weighted by Crippen LogP contribution is 2.17. The Bertz CT molecular complexity index is 406. The van der Waals surface area contributed by atoms with Crippen LogP contribution in [0, 0.1) is 6.92 Å². The molecule has 1 aliphatic rings. The zero-order valence-electron chi connectivity index (χ0n) is 12.4. The molecule has 0 aromatic carbocycles. The Morgan fingerprint density at radius 1 is 1.35 bits per heavy atom. The fraction of sp³-hybridized carbons (Fsp3) is 0.846. The Hall–Kier alpha value is -1.02. The maximum absolute atomic E-state index is 10.2. The van der Waals surface area contributed by atoms with Gasteiger partial charge in [-0.2, -0.15) is 0 Å². The Morgan fingerprint density at radius 2 is 2.05 bits per heavy atom. The van der Waals surface area contributed by atoms with Gasteiger partial charge in [0.2, 0.25) is 11.8 Å². The third kappa shape index (κ3) is 4.24. The van der Waals surface area contributed by atoms with Gasteiger partial charge < -0.3 is 14.3 Å². The van der Waals surface area contributed by atoms with Gasteiger partial charge in [0.05, 0.1) is 25.4 Å². The summed E-state index contributed by atoms with van der Waals surface area (Å²) in [6.07, 6.45) is -0.399. The summed E-state index contributed by atoms with van der Waals surface area (Å²) in [5.41, 5.74) is 0. The van der Waals surface area contributed by atoms with Crippen LogP contribution in [0.4, 0.5) is 0 Å². The van der Waals surface area contributed by atoms with Crippen LogP contribution in [-0.2, 0) is 4.74 Å². The molecule has 0 spiro atoms. The van der Waals surface area contributed by atoms with Crippen LogP contribution >= 0.6 is 0 Å². The maximum Gasteiger partial charge on any atom is 0.233 e. The summed E-state index contributed by atoms with van der Waals surface area (Å²) < 4.78 is 10.7. The Morgan fingerprint density at radius 3 is 2.65 bits per heavy atom. The van der Waals surface area contributed by atoms with E-state index in [0.29, 0.717) is 24.9 Å². The molecule has 2 atom stereocenters. The van der Waals surface area contributed by atoms with E-state index in [1.165, 1.54) is 0 Å². The Labute approximate surface area is 119 Å². The van der Waals surface area contributed by atoms with Crippen molar-refractivity contribution >= 4 is 0 Å². The molecular weight excluding hydrogens is 260 g/mol. The van der Waals surface area contributed by atoms with Crippen molar-refractivity contribution in [2.24, 2.45) is 0 Å². The molecule has 0 amide bonds. The quantitative estimate of drug-likeness (QED) is 0.792. The van der Waals surface area contributed by atoms with Crippen molar-refractivity contribution in [3.63, 3.8) is 0 Å². The first-order valence-electron chi connectivity index (χ1n) is 7.04. The van der Waals surface area contributed by atoms with Gasteiger partial charge in [-0.25, -0.2) is 0 Å². The van der Waals surface area contributed by atoms with Gasteiger partial charge in [0, 0.05) is 33.1 Å². The summed E-state index contributed by atoms with van der Waals surface area (Å²) in [6.45, 7) is 8.28. The number of morpholine rings is 1. The third-order valence-electron chi connectivity index (χ3n) is 3.63. The van der Waals surface area contributed by atoms with E-state index in [0.717, 1.165) is 26.3 Å². The second-order valence-electron chi connectivity index (χ2n) is 5.34. The van der Waals surface area contributed by atoms with Crippen molar-refractivity contribution in [2.45, 2.75) is 26.0 Å². The largest absolute Gasteiger partial charge is 0.424 e. The number of aryl methyl sites for hydroxylation is 1. The summed E-state index contributed by atoms with van der Waals surface area (Å²) in [6, 6.07) is -0.00413. The fourth-order valence-electron chi connectivity index (χ4n) is 2.30. The number of aromatic nitrogens is 2. The number of hydrogen-bond donors (Lipinski definition) is 1. The van der Waals surface area contributed by atoms with E-state index in [4.69, 9.17) is 9.15 Å².